The van der Waals surface area contributed by atoms with Crippen LogP contribution in [0.3, 0.4) is 0 Å². The zero-order valence-corrected chi connectivity index (χ0v) is 17.0. The number of aliphatic carboxylic acids is 1. The summed E-state index contributed by atoms with van der Waals surface area (Å²) >= 11 is 11.9. The van der Waals surface area contributed by atoms with Crippen molar-refractivity contribution >= 4 is 29.2 Å². The SMILES string of the molecule is CC1(CC#N)C(C=C(Cl)Cl)(Oc2ccccc2)C1(Cc1ccc(F)cc1)C(=O)O. The lowest BCUT2D eigenvalue weighted by molar-refractivity contribution is -0.146. The van der Waals surface area contributed by atoms with E-state index < -0.39 is 28.2 Å². The number of hydrogen-bond donors (Lipinski definition) is 1. The zero-order chi connectivity index (χ0) is 21.3. The quantitative estimate of drug-likeness (QED) is 0.624. The molecule has 0 heterocycles. The number of para-hydroxylation sites is 1. The summed E-state index contributed by atoms with van der Waals surface area (Å²) in [6, 6.07) is 16.3. The second-order valence-electron chi connectivity index (χ2n) is 7.27. The van der Waals surface area contributed by atoms with Gasteiger partial charge in [0.05, 0.1) is 6.07 Å². The number of benzene rings is 2. The highest BCUT2D eigenvalue weighted by atomic mass is 35.5. The Labute approximate surface area is 178 Å². The lowest BCUT2D eigenvalue weighted by atomic mass is 9.86. The molecule has 0 saturated heterocycles. The highest BCUT2D eigenvalue weighted by Gasteiger charge is 2.90. The smallest absolute Gasteiger partial charge is 0.315 e. The molecular formula is C22H18Cl2FNO3. The topological polar surface area (TPSA) is 70.3 Å². The van der Waals surface area contributed by atoms with E-state index in [9.17, 15) is 19.6 Å². The minimum atomic E-state index is -1.54. The van der Waals surface area contributed by atoms with Crippen molar-refractivity contribution < 1.29 is 19.0 Å². The number of nitriles is 1. The number of carboxylic acids is 1. The lowest BCUT2D eigenvalue weighted by Crippen LogP contribution is -2.33. The molecule has 0 spiro atoms. The van der Waals surface area contributed by atoms with Gasteiger partial charge >= 0.3 is 5.97 Å². The zero-order valence-electron chi connectivity index (χ0n) is 15.5. The Morgan fingerprint density at radius 3 is 2.34 bits per heavy atom. The van der Waals surface area contributed by atoms with Crippen molar-refractivity contribution in [2.24, 2.45) is 10.8 Å². The van der Waals surface area contributed by atoms with E-state index in [0.29, 0.717) is 11.3 Å². The van der Waals surface area contributed by atoms with Crippen LogP contribution in [-0.2, 0) is 11.2 Å². The summed E-state index contributed by atoms with van der Waals surface area (Å²) in [5, 5.41) is 19.8. The van der Waals surface area contributed by atoms with E-state index in [1.165, 1.54) is 30.3 Å². The van der Waals surface area contributed by atoms with E-state index in [1.54, 1.807) is 37.3 Å². The molecule has 0 radical (unpaired) electrons. The van der Waals surface area contributed by atoms with Gasteiger partial charge in [0, 0.05) is 11.8 Å². The predicted molar refractivity (Wildman–Crippen MR) is 108 cm³/mol. The third-order valence-corrected chi connectivity index (χ3v) is 6.07. The molecule has 1 saturated carbocycles. The van der Waals surface area contributed by atoms with Crippen molar-refractivity contribution in [2.45, 2.75) is 25.4 Å². The maximum atomic E-state index is 13.3. The highest BCUT2D eigenvalue weighted by Crippen LogP contribution is 2.77. The van der Waals surface area contributed by atoms with Crippen LogP contribution >= 0.6 is 23.2 Å². The summed E-state index contributed by atoms with van der Waals surface area (Å²) in [5.74, 6) is -1.16. The largest absolute Gasteiger partial charge is 0.481 e. The van der Waals surface area contributed by atoms with Gasteiger partial charge in [-0.1, -0.05) is 60.5 Å². The van der Waals surface area contributed by atoms with Gasteiger partial charge in [-0.25, -0.2) is 4.39 Å². The highest BCUT2D eigenvalue weighted by molar-refractivity contribution is 6.56. The summed E-state index contributed by atoms with van der Waals surface area (Å²) in [7, 11) is 0. The third-order valence-electron chi connectivity index (χ3n) is 5.85. The van der Waals surface area contributed by atoms with Gasteiger partial charge < -0.3 is 9.84 Å². The number of carboxylic acid groups (broad SMARTS) is 1. The number of halogens is 3. The molecule has 1 N–H and O–H groups in total. The fourth-order valence-electron chi connectivity index (χ4n) is 4.35. The van der Waals surface area contributed by atoms with Crippen molar-refractivity contribution in [3.63, 3.8) is 0 Å². The van der Waals surface area contributed by atoms with Gasteiger partial charge in [0.25, 0.3) is 0 Å². The Kier molecular flexibility index (Phi) is 5.62. The molecule has 0 bridgehead atoms. The maximum Gasteiger partial charge on any atom is 0.315 e. The predicted octanol–water partition coefficient (Wildman–Crippen LogP) is 5.51. The van der Waals surface area contributed by atoms with Crippen LogP contribution in [0.1, 0.15) is 18.9 Å². The molecular weight excluding hydrogens is 416 g/mol. The molecule has 29 heavy (non-hydrogen) atoms. The second-order valence-corrected chi connectivity index (χ2v) is 8.27. The van der Waals surface area contributed by atoms with Gasteiger partial charge in [-0.15, -0.1) is 0 Å². The molecule has 1 aliphatic carbocycles. The van der Waals surface area contributed by atoms with Gasteiger partial charge in [-0.3, -0.25) is 4.79 Å². The molecule has 3 atom stereocenters. The van der Waals surface area contributed by atoms with E-state index in [4.69, 9.17) is 27.9 Å². The Morgan fingerprint density at radius 2 is 1.83 bits per heavy atom. The van der Waals surface area contributed by atoms with Gasteiger partial charge in [0.1, 0.15) is 21.5 Å². The van der Waals surface area contributed by atoms with Gasteiger partial charge in [-0.2, -0.15) is 5.26 Å². The standard InChI is InChI=1S/C22H18Cl2FNO3/c1-20(11-12-26)21(19(27)28,13-15-7-9-16(25)10-8-15)22(20,14-18(23)24)29-17-5-3-2-4-6-17/h2-10,14H,11,13H2,1H3,(H,27,28). The Morgan fingerprint density at radius 1 is 1.21 bits per heavy atom. The van der Waals surface area contributed by atoms with E-state index in [-0.39, 0.29) is 17.3 Å². The molecule has 4 nitrogen and oxygen atoms in total. The second kappa shape index (κ2) is 7.70. The van der Waals surface area contributed by atoms with Crippen LogP contribution in [0.15, 0.2) is 65.2 Å². The molecule has 1 aliphatic rings. The van der Waals surface area contributed by atoms with E-state index >= 15 is 0 Å². The van der Waals surface area contributed by atoms with Crippen LogP contribution in [0.2, 0.25) is 0 Å². The normalized spacial score (nSPS) is 27.6. The van der Waals surface area contributed by atoms with Gasteiger partial charge in [0.2, 0.25) is 0 Å². The molecule has 3 rings (SSSR count). The Balaban J connectivity index is 2.19. The fourth-order valence-corrected chi connectivity index (χ4v) is 4.65. The number of hydrogen-bond acceptors (Lipinski definition) is 3. The van der Waals surface area contributed by atoms with Crippen LogP contribution < -0.4 is 4.74 Å². The minimum Gasteiger partial charge on any atom is -0.481 e. The molecule has 150 valence electrons. The van der Waals surface area contributed by atoms with Crippen molar-refractivity contribution in [2.75, 3.05) is 0 Å². The molecule has 2 aromatic rings. The molecule has 0 aromatic heterocycles. The summed E-state index contributed by atoms with van der Waals surface area (Å²) in [5.41, 5.74) is -3.57. The Hall–Kier alpha value is -2.55. The lowest BCUT2D eigenvalue weighted by Gasteiger charge is -2.22. The van der Waals surface area contributed by atoms with Crippen LogP contribution in [0.5, 0.6) is 5.75 Å². The number of nitrogens with zero attached hydrogens (tertiary/aromatic N) is 1. The summed E-state index contributed by atoms with van der Waals surface area (Å²) < 4.78 is 19.4. The molecule has 7 heteroatoms. The molecule has 3 unspecified atom stereocenters. The van der Waals surface area contributed by atoms with Crippen LogP contribution in [0, 0.1) is 28.0 Å². The first-order valence-electron chi connectivity index (χ1n) is 8.85. The van der Waals surface area contributed by atoms with Crippen LogP contribution in [-0.4, -0.2) is 16.7 Å². The monoisotopic (exact) mass is 433 g/mol. The van der Waals surface area contributed by atoms with Crippen molar-refractivity contribution in [3.8, 4) is 11.8 Å². The van der Waals surface area contributed by atoms with E-state index in [2.05, 4.69) is 6.07 Å². The fraction of sp³-hybridized carbons (Fsp3) is 0.273. The summed E-state index contributed by atoms with van der Waals surface area (Å²) in [6.45, 7) is 1.67. The Bertz CT molecular complexity index is 985. The average molecular weight is 434 g/mol. The van der Waals surface area contributed by atoms with Gasteiger partial charge in [0.15, 0.2) is 5.60 Å². The molecule has 0 aliphatic heterocycles. The van der Waals surface area contributed by atoms with Crippen LogP contribution in [0.25, 0.3) is 0 Å². The summed E-state index contributed by atoms with van der Waals surface area (Å²) in [6.07, 6.45) is 1.26. The number of rotatable bonds is 7. The van der Waals surface area contributed by atoms with Gasteiger partial charge in [-0.05, 0) is 42.3 Å². The first kappa shape index (κ1) is 21.2. The van der Waals surface area contributed by atoms with Crippen LogP contribution in [0.4, 0.5) is 4.39 Å². The van der Waals surface area contributed by atoms with Crippen molar-refractivity contribution in [3.05, 3.63) is 76.5 Å². The van der Waals surface area contributed by atoms with E-state index in [0.717, 1.165) is 0 Å². The minimum absolute atomic E-state index is 0.00514. The number of ether oxygens (including phenoxy) is 1. The van der Waals surface area contributed by atoms with Crippen molar-refractivity contribution in [1.29, 1.82) is 5.26 Å². The number of carbonyl (C=O) groups is 1. The third kappa shape index (κ3) is 3.27. The first-order chi connectivity index (χ1) is 13.7. The molecule has 2 aromatic carbocycles. The van der Waals surface area contributed by atoms with E-state index in [1.807, 2.05) is 0 Å². The average Bonchev–Trinajstić information content (AvgIpc) is 3.08. The first-order valence-corrected chi connectivity index (χ1v) is 9.61. The molecule has 0 amide bonds. The van der Waals surface area contributed by atoms with Crippen molar-refractivity contribution in [1.82, 2.24) is 0 Å². The maximum absolute atomic E-state index is 13.3. The molecule has 1 fully saturated rings. The summed E-state index contributed by atoms with van der Waals surface area (Å²) in [4.78, 5) is 12.7.